The van der Waals surface area contributed by atoms with Crippen LogP contribution in [0.5, 0.6) is 0 Å². The average Bonchev–Trinajstić information content (AvgIpc) is 2.23. The molecule has 1 unspecified atom stereocenters. The Morgan fingerprint density at radius 1 is 1.27 bits per heavy atom. The second-order valence-electron chi connectivity index (χ2n) is 4.16. The van der Waals surface area contributed by atoms with Crippen LogP contribution in [0.3, 0.4) is 0 Å². The minimum atomic E-state index is 0.166. The molecule has 0 aromatic heterocycles. The van der Waals surface area contributed by atoms with E-state index in [2.05, 4.69) is 13.8 Å². The van der Waals surface area contributed by atoms with Crippen LogP contribution in [0.1, 0.15) is 46.5 Å². The van der Waals surface area contributed by atoms with Gasteiger partial charge in [-0.05, 0) is 25.8 Å². The van der Waals surface area contributed by atoms with Crippen molar-refractivity contribution in [2.24, 2.45) is 11.7 Å². The molecule has 1 atom stereocenters. The number of hydrogen-bond donors (Lipinski definition) is 1. The van der Waals surface area contributed by atoms with Crippen molar-refractivity contribution in [2.75, 3.05) is 19.6 Å². The molecule has 1 amide bonds. The summed E-state index contributed by atoms with van der Waals surface area (Å²) in [5, 5.41) is 0. The molecular weight excluding hydrogens is 188 g/mol. The number of carbonyl (C=O) groups excluding carboxylic acids is 1. The highest BCUT2D eigenvalue weighted by atomic mass is 16.2. The van der Waals surface area contributed by atoms with E-state index in [9.17, 15) is 4.79 Å². The van der Waals surface area contributed by atoms with E-state index in [1.165, 1.54) is 0 Å². The molecule has 0 bridgehead atoms. The van der Waals surface area contributed by atoms with Crippen LogP contribution in [0, 0.1) is 5.92 Å². The Bertz CT molecular complexity index is 171. The highest BCUT2D eigenvalue weighted by Gasteiger charge is 2.18. The summed E-state index contributed by atoms with van der Waals surface area (Å²) in [5.41, 5.74) is 5.47. The van der Waals surface area contributed by atoms with E-state index < -0.39 is 0 Å². The molecule has 0 aliphatic heterocycles. The van der Waals surface area contributed by atoms with Gasteiger partial charge in [0.1, 0.15) is 0 Å². The molecule has 0 aromatic carbocycles. The minimum absolute atomic E-state index is 0.166. The van der Waals surface area contributed by atoms with Crippen molar-refractivity contribution < 1.29 is 4.79 Å². The number of amides is 1. The summed E-state index contributed by atoms with van der Waals surface area (Å²) in [7, 11) is 0. The highest BCUT2D eigenvalue weighted by molar-refractivity contribution is 5.78. The maximum absolute atomic E-state index is 12.0. The van der Waals surface area contributed by atoms with Gasteiger partial charge in [-0.2, -0.15) is 0 Å². The smallest absolute Gasteiger partial charge is 0.225 e. The second-order valence-corrected chi connectivity index (χ2v) is 4.16. The van der Waals surface area contributed by atoms with Crippen molar-refractivity contribution in [2.45, 2.75) is 46.5 Å². The third-order valence-electron chi connectivity index (χ3n) is 2.58. The predicted molar refractivity (Wildman–Crippen MR) is 64.6 cm³/mol. The van der Waals surface area contributed by atoms with Crippen molar-refractivity contribution in [3.05, 3.63) is 0 Å². The zero-order chi connectivity index (χ0) is 11.7. The van der Waals surface area contributed by atoms with Crippen molar-refractivity contribution in [1.29, 1.82) is 0 Å². The number of nitrogens with two attached hydrogens (primary N) is 1. The van der Waals surface area contributed by atoms with Crippen LogP contribution in [0.25, 0.3) is 0 Å². The fourth-order valence-electron chi connectivity index (χ4n) is 1.75. The van der Waals surface area contributed by atoms with Crippen LogP contribution < -0.4 is 5.73 Å². The van der Waals surface area contributed by atoms with Gasteiger partial charge in [0.15, 0.2) is 0 Å². The maximum atomic E-state index is 12.0. The fourth-order valence-corrected chi connectivity index (χ4v) is 1.75. The summed E-state index contributed by atoms with van der Waals surface area (Å²) in [5.74, 6) is 0.464. The highest BCUT2D eigenvalue weighted by Crippen LogP contribution is 2.10. The standard InChI is InChI=1S/C12H26N2O/c1-4-7-11(3)12(15)14(9-5-2)10-6-8-13/h11H,4-10,13H2,1-3H3. The van der Waals surface area contributed by atoms with Crippen LogP contribution in [-0.2, 0) is 4.79 Å². The van der Waals surface area contributed by atoms with Crippen LogP contribution in [0.15, 0.2) is 0 Å². The van der Waals surface area contributed by atoms with Crippen molar-refractivity contribution in [3.8, 4) is 0 Å². The van der Waals surface area contributed by atoms with Crippen LogP contribution in [0.2, 0.25) is 0 Å². The zero-order valence-corrected chi connectivity index (χ0v) is 10.5. The number of nitrogens with zero attached hydrogens (tertiary/aromatic N) is 1. The first-order chi connectivity index (χ1) is 7.17. The first-order valence-electron chi connectivity index (χ1n) is 6.16. The lowest BCUT2D eigenvalue weighted by atomic mass is 10.0. The Kier molecular flexibility index (Phi) is 8.38. The summed E-state index contributed by atoms with van der Waals surface area (Å²) < 4.78 is 0. The van der Waals surface area contributed by atoms with Gasteiger partial charge in [0.2, 0.25) is 5.91 Å². The molecule has 0 spiro atoms. The molecule has 0 radical (unpaired) electrons. The third kappa shape index (κ3) is 5.78. The van der Waals surface area contributed by atoms with Gasteiger partial charge in [0.25, 0.3) is 0 Å². The Balaban J connectivity index is 4.13. The number of hydrogen-bond acceptors (Lipinski definition) is 2. The van der Waals surface area contributed by atoms with Crippen molar-refractivity contribution in [1.82, 2.24) is 4.90 Å². The van der Waals surface area contributed by atoms with E-state index in [-0.39, 0.29) is 5.92 Å². The van der Waals surface area contributed by atoms with Gasteiger partial charge >= 0.3 is 0 Å². The van der Waals surface area contributed by atoms with Gasteiger partial charge in [0.05, 0.1) is 0 Å². The van der Waals surface area contributed by atoms with Gasteiger partial charge in [-0.3, -0.25) is 4.79 Å². The largest absolute Gasteiger partial charge is 0.342 e. The molecule has 0 heterocycles. The second kappa shape index (κ2) is 8.72. The maximum Gasteiger partial charge on any atom is 0.225 e. The van der Waals surface area contributed by atoms with Gasteiger partial charge in [-0.15, -0.1) is 0 Å². The normalized spacial score (nSPS) is 12.5. The number of rotatable bonds is 8. The monoisotopic (exact) mass is 214 g/mol. The SMILES string of the molecule is CCCC(C)C(=O)N(CCC)CCCN. The summed E-state index contributed by atoms with van der Waals surface area (Å²) in [6.45, 7) is 8.59. The molecule has 0 saturated carbocycles. The lowest BCUT2D eigenvalue weighted by Crippen LogP contribution is -2.37. The van der Waals surface area contributed by atoms with Gasteiger partial charge in [-0.1, -0.05) is 27.2 Å². The molecule has 3 heteroatoms. The van der Waals surface area contributed by atoms with Crippen molar-refractivity contribution >= 4 is 5.91 Å². The first-order valence-corrected chi connectivity index (χ1v) is 6.16. The van der Waals surface area contributed by atoms with E-state index in [0.29, 0.717) is 12.5 Å². The molecule has 0 aliphatic rings. The molecule has 0 rings (SSSR count). The molecule has 0 aromatic rings. The van der Waals surface area contributed by atoms with E-state index in [4.69, 9.17) is 5.73 Å². The van der Waals surface area contributed by atoms with Gasteiger partial charge in [0, 0.05) is 19.0 Å². The van der Waals surface area contributed by atoms with E-state index in [1.54, 1.807) is 0 Å². The predicted octanol–water partition coefficient (Wildman–Crippen LogP) is 2.01. The van der Waals surface area contributed by atoms with E-state index >= 15 is 0 Å². The Labute approximate surface area is 94.0 Å². The molecule has 90 valence electrons. The lowest BCUT2D eigenvalue weighted by molar-refractivity contribution is -0.135. The molecule has 2 N–H and O–H groups in total. The molecule has 0 aliphatic carbocycles. The van der Waals surface area contributed by atoms with Crippen LogP contribution >= 0.6 is 0 Å². The Morgan fingerprint density at radius 3 is 2.40 bits per heavy atom. The number of carbonyl (C=O) groups is 1. The van der Waals surface area contributed by atoms with Gasteiger partial charge in [-0.25, -0.2) is 0 Å². The zero-order valence-electron chi connectivity index (χ0n) is 10.5. The molecular formula is C12H26N2O. The molecule has 0 saturated heterocycles. The van der Waals surface area contributed by atoms with E-state index in [0.717, 1.165) is 38.8 Å². The topological polar surface area (TPSA) is 46.3 Å². The molecule has 3 nitrogen and oxygen atoms in total. The summed E-state index contributed by atoms with van der Waals surface area (Å²) in [6.07, 6.45) is 3.99. The molecule has 0 fully saturated rings. The average molecular weight is 214 g/mol. The lowest BCUT2D eigenvalue weighted by Gasteiger charge is -2.25. The first kappa shape index (κ1) is 14.4. The quantitative estimate of drug-likeness (QED) is 0.672. The third-order valence-corrected chi connectivity index (χ3v) is 2.58. The van der Waals surface area contributed by atoms with E-state index in [1.807, 2.05) is 11.8 Å². The summed E-state index contributed by atoms with van der Waals surface area (Å²) >= 11 is 0. The summed E-state index contributed by atoms with van der Waals surface area (Å²) in [6, 6.07) is 0. The van der Waals surface area contributed by atoms with Crippen LogP contribution in [-0.4, -0.2) is 30.4 Å². The van der Waals surface area contributed by atoms with Crippen molar-refractivity contribution in [3.63, 3.8) is 0 Å². The summed E-state index contributed by atoms with van der Waals surface area (Å²) in [4.78, 5) is 14.0. The Morgan fingerprint density at radius 2 is 1.93 bits per heavy atom. The minimum Gasteiger partial charge on any atom is -0.342 e. The van der Waals surface area contributed by atoms with Gasteiger partial charge < -0.3 is 10.6 Å². The fraction of sp³-hybridized carbons (Fsp3) is 0.917. The van der Waals surface area contributed by atoms with Crippen LogP contribution in [0.4, 0.5) is 0 Å². The molecule has 15 heavy (non-hydrogen) atoms. The Hall–Kier alpha value is -0.570.